The molecule has 0 saturated carbocycles. The van der Waals surface area contributed by atoms with Crippen LogP contribution in [-0.2, 0) is 9.47 Å². The number of rotatable bonds is 5. The van der Waals surface area contributed by atoms with Gasteiger partial charge in [-0.3, -0.25) is 4.68 Å². The summed E-state index contributed by atoms with van der Waals surface area (Å²) in [6.07, 6.45) is 5.40. The lowest BCUT2D eigenvalue weighted by Crippen LogP contribution is -2.30. The van der Waals surface area contributed by atoms with Crippen molar-refractivity contribution in [3.05, 3.63) is 54.6 Å². The lowest BCUT2D eigenvalue weighted by Gasteiger charge is -2.25. The van der Waals surface area contributed by atoms with Gasteiger partial charge in [0.25, 0.3) is 0 Å². The molecule has 1 saturated heterocycles. The lowest BCUT2D eigenvalue weighted by atomic mass is 10.1. The predicted octanol–water partition coefficient (Wildman–Crippen LogP) is 3.50. The minimum absolute atomic E-state index is 0.222. The molecule has 1 aromatic carbocycles. The first-order valence-electron chi connectivity index (χ1n) is 9.37. The number of oxazole rings is 1. The van der Waals surface area contributed by atoms with Crippen LogP contribution in [0.3, 0.4) is 0 Å². The van der Waals surface area contributed by atoms with Crippen molar-refractivity contribution in [3.8, 4) is 22.6 Å². The monoisotopic (exact) mass is 390 g/mol. The first-order chi connectivity index (χ1) is 14.2. The highest BCUT2D eigenvalue weighted by Crippen LogP contribution is 2.29. The van der Waals surface area contributed by atoms with E-state index in [0.29, 0.717) is 42.9 Å². The highest BCUT2D eigenvalue weighted by Gasteiger charge is 2.21. The zero-order valence-electron chi connectivity index (χ0n) is 15.7. The van der Waals surface area contributed by atoms with Crippen LogP contribution in [0.2, 0.25) is 0 Å². The number of hydrogen-bond donors (Lipinski definition) is 0. The van der Waals surface area contributed by atoms with Crippen LogP contribution in [0.5, 0.6) is 0 Å². The number of benzene rings is 1. The maximum atomic E-state index is 11.9. The maximum absolute atomic E-state index is 11.9. The molecular weight excluding hydrogens is 372 g/mol. The van der Waals surface area contributed by atoms with Gasteiger partial charge >= 0.3 is 5.97 Å². The van der Waals surface area contributed by atoms with Crippen LogP contribution in [0.4, 0.5) is 0 Å². The molecule has 146 valence electrons. The van der Waals surface area contributed by atoms with Crippen molar-refractivity contribution in [2.75, 3.05) is 19.8 Å². The Morgan fingerprint density at radius 2 is 2.10 bits per heavy atom. The average molecular weight is 390 g/mol. The number of pyridine rings is 1. The van der Waals surface area contributed by atoms with Crippen LogP contribution >= 0.6 is 0 Å². The Balaban J connectivity index is 1.46. The molecule has 4 heterocycles. The fraction of sp³-hybridized carbons (Fsp3) is 0.238. The normalized spacial score (nSPS) is 14.1. The molecular formula is C21H18N4O4. The highest BCUT2D eigenvalue weighted by molar-refractivity contribution is 5.89. The van der Waals surface area contributed by atoms with Gasteiger partial charge in [-0.05, 0) is 36.8 Å². The molecule has 5 rings (SSSR count). The van der Waals surface area contributed by atoms with Crippen molar-refractivity contribution in [2.45, 2.75) is 13.0 Å². The van der Waals surface area contributed by atoms with Gasteiger partial charge in [0.1, 0.15) is 11.2 Å². The summed E-state index contributed by atoms with van der Waals surface area (Å²) in [4.78, 5) is 20.6. The lowest BCUT2D eigenvalue weighted by molar-refractivity contribution is -0.0286. The van der Waals surface area contributed by atoms with Crippen molar-refractivity contribution in [2.24, 2.45) is 0 Å². The van der Waals surface area contributed by atoms with E-state index >= 15 is 0 Å². The van der Waals surface area contributed by atoms with Gasteiger partial charge in [0.05, 0.1) is 32.1 Å². The summed E-state index contributed by atoms with van der Waals surface area (Å²) >= 11 is 0. The molecule has 4 aromatic rings. The molecule has 0 aliphatic carbocycles. The quantitative estimate of drug-likeness (QED) is 0.482. The van der Waals surface area contributed by atoms with E-state index < -0.39 is 5.97 Å². The minimum atomic E-state index is -0.471. The Labute approximate surface area is 166 Å². The maximum Gasteiger partial charge on any atom is 0.356 e. The van der Waals surface area contributed by atoms with Crippen molar-refractivity contribution in [1.82, 2.24) is 19.7 Å². The van der Waals surface area contributed by atoms with E-state index in [1.807, 2.05) is 35.3 Å². The fourth-order valence-electron chi connectivity index (χ4n) is 3.17. The fourth-order valence-corrected chi connectivity index (χ4v) is 3.17. The van der Waals surface area contributed by atoms with Crippen LogP contribution in [0.15, 0.2) is 53.3 Å². The second-order valence-electron chi connectivity index (χ2n) is 6.75. The summed E-state index contributed by atoms with van der Waals surface area (Å²) in [5.74, 6) is -0.0472. The minimum Gasteiger partial charge on any atom is -0.461 e. The molecule has 0 amide bonds. The van der Waals surface area contributed by atoms with Crippen LogP contribution in [0, 0.1) is 0 Å². The van der Waals surface area contributed by atoms with E-state index in [-0.39, 0.29) is 5.69 Å². The Morgan fingerprint density at radius 3 is 2.90 bits per heavy atom. The van der Waals surface area contributed by atoms with Crippen LogP contribution in [0.25, 0.3) is 33.7 Å². The summed E-state index contributed by atoms with van der Waals surface area (Å²) in [7, 11) is 0. The summed E-state index contributed by atoms with van der Waals surface area (Å²) in [5.41, 5.74) is 4.30. The largest absolute Gasteiger partial charge is 0.461 e. The Bertz CT molecular complexity index is 1190. The third-order valence-electron chi connectivity index (χ3n) is 4.81. The van der Waals surface area contributed by atoms with E-state index in [9.17, 15) is 4.79 Å². The highest BCUT2D eigenvalue weighted by atomic mass is 16.5. The summed E-state index contributed by atoms with van der Waals surface area (Å²) < 4.78 is 18.0. The molecule has 1 aliphatic rings. The van der Waals surface area contributed by atoms with Crippen LogP contribution < -0.4 is 0 Å². The first kappa shape index (κ1) is 17.6. The van der Waals surface area contributed by atoms with E-state index in [2.05, 4.69) is 15.1 Å². The van der Waals surface area contributed by atoms with Gasteiger partial charge in [-0.1, -0.05) is 6.07 Å². The molecule has 0 bridgehead atoms. The van der Waals surface area contributed by atoms with Crippen molar-refractivity contribution < 1.29 is 18.7 Å². The third-order valence-corrected chi connectivity index (χ3v) is 4.81. The van der Waals surface area contributed by atoms with Gasteiger partial charge in [0.15, 0.2) is 5.58 Å². The number of hydrogen-bond acceptors (Lipinski definition) is 7. The van der Waals surface area contributed by atoms with Gasteiger partial charge in [0.2, 0.25) is 5.89 Å². The molecule has 0 N–H and O–H groups in total. The standard InChI is InChI=1S/C21H18N4O4/c1-2-28-21(26)18-8-14(5-6-22-18)20-24-17-7-13(3-4-19(17)29-20)15-9-23-25(10-15)16-11-27-12-16/h3-10,16H,2,11-12H2,1H3. The smallest absolute Gasteiger partial charge is 0.356 e. The van der Waals surface area contributed by atoms with Crippen LogP contribution in [0.1, 0.15) is 23.5 Å². The van der Waals surface area contributed by atoms with E-state index in [0.717, 1.165) is 16.6 Å². The van der Waals surface area contributed by atoms with E-state index in [1.165, 1.54) is 0 Å². The van der Waals surface area contributed by atoms with Crippen molar-refractivity contribution >= 4 is 17.1 Å². The molecule has 0 spiro atoms. The number of fused-ring (bicyclic) bond motifs is 1. The van der Waals surface area contributed by atoms with Gasteiger partial charge < -0.3 is 13.9 Å². The second kappa shape index (κ2) is 7.14. The number of ether oxygens (including phenoxy) is 2. The molecule has 3 aromatic heterocycles. The number of esters is 1. The van der Waals surface area contributed by atoms with Crippen molar-refractivity contribution in [1.29, 1.82) is 0 Å². The molecule has 0 radical (unpaired) electrons. The Hall–Kier alpha value is -3.52. The third kappa shape index (κ3) is 3.27. The summed E-state index contributed by atoms with van der Waals surface area (Å²) in [6.45, 7) is 3.45. The molecule has 0 unspecified atom stereocenters. The van der Waals surface area contributed by atoms with Gasteiger partial charge in [-0.15, -0.1) is 0 Å². The topological polar surface area (TPSA) is 92.3 Å². The summed E-state index contributed by atoms with van der Waals surface area (Å²) in [5, 5.41) is 4.43. The summed E-state index contributed by atoms with van der Waals surface area (Å²) in [6, 6.07) is 9.51. The second-order valence-corrected chi connectivity index (χ2v) is 6.75. The Morgan fingerprint density at radius 1 is 1.21 bits per heavy atom. The molecule has 1 fully saturated rings. The number of carbonyl (C=O) groups excluding carboxylic acids is 1. The zero-order chi connectivity index (χ0) is 19.8. The Kier molecular flexibility index (Phi) is 4.33. The molecule has 8 nitrogen and oxygen atoms in total. The van der Waals surface area contributed by atoms with E-state index in [4.69, 9.17) is 13.9 Å². The van der Waals surface area contributed by atoms with E-state index in [1.54, 1.807) is 25.3 Å². The molecule has 0 atom stereocenters. The van der Waals surface area contributed by atoms with Crippen LogP contribution in [-0.4, -0.2) is 45.5 Å². The number of nitrogens with zero attached hydrogens (tertiary/aromatic N) is 4. The van der Waals surface area contributed by atoms with Gasteiger partial charge in [0, 0.05) is 23.5 Å². The molecule has 1 aliphatic heterocycles. The average Bonchev–Trinajstić information content (AvgIpc) is 3.33. The number of aromatic nitrogens is 4. The first-order valence-corrected chi connectivity index (χ1v) is 9.37. The molecule has 8 heteroatoms. The zero-order valence-corrected chi connectivity index (χ0v) is 15.7. The van der Waals surface area contributed by atoms with Gasteiger partial charge in [-0.25, -0.2) is 14.8 Å². The SMILES string of the molecule is CCOC(=O)c1cc(-c2nc3cc(-c4cnn(C5COC5)c4)ccc3o2)ccn1. The van der Waals surface area contributed by atoms with Gasteiger partial charge in [-0.2, -0.15) is 5.10 Å². The molecule has 29 heavy (non-hydrogen) atoms. The predicted molar refractivity (Wildman–Crippen MR) is 104 cm³/mol. The number of carbonyl (C=O) groups is 1. The van der Waals surface area contributed by atoms with Crippen molar-refractivity contribution in [3.63, 3.8) is 0 Å².